The molecular weight excluding hydrogens is 407 g/mol. The second kappa shape index (κ2) is 6.47. The average molecular weight is 421 g/mol. The molecule has 9 nitrogen and oxygen atoms in total. The van der Waals surface area contributed by atoms with Crippen molar-refractivity contribution in [2.75, 3.05) is 11.4 Å². The lowest BCUT2D eigenvalue weighted by atomic mass is 10.2. The number of alkyl halides is 3. The molecule has 13 heteroatoms. The Bertz CT molecular complexity index is 1180. The first-order valence-electron chi connectivity index (χ1n) is 8.83. The van der Waals surface area contributed by atoms with Crippen molar-refractivity contribution in [3.8, 4) is 5.95 Å². The number of nitrogens with zero attached hydrogens (tertiary/aromatic N) is 9. The first-order valence-corrected chi connectivity index (χ1v) is 9.65. The summed E-state index contributed by atoms with van der Waals surface area (Å²) >= 11 is 1.56. The summed E-state index contributed by atoms with van der Waals surface area (Å²) in [5.74, 6) is 0.285. The van der Waals surface area contributed by atoms with E-state index in [9.17, 15) is 13.2 Å². The maximum Gasteiger partial charge on any atom is 0.451 e. The van der Waals surface area contributed by atoms with Gasteiger partial charge in [-0.15, -0.1) is 21.5 Å². The molecule has 5 rings (SSSR count). The Morgan fingerprint density at radius 1 is 1.17 bits per heavy atom. The maximum absolute atomic E-state index is 13.1. The molecule has 0 N–H and O–H groups in total. The second-order valence-corrected chi connectivity index (χ2v) is 7.60. The number of anilines is 1. The summed E-state index contributed by atoms with van der Waals surface area (Å²) in [6, 6.07) is 2.03. The minimum absolute atomic E-state index is 0.117. The van der Waals surface area contributed by atoms with Gasteiger partial charge in [0.15, 0.2) is 5.82 Å². The van der Waals surface area contributed by atoms with E-state index in [1.165, 1.54) is 17.3 Å². The normalized spacial score (nSPS) is 14.6. The molecule has 0 bridgehead atoms. The first kappa shape index (κ1) is 18.0. The third kappa shape index (κ3) is 3.01. The van der Waals surface area contributed by atoms with E-state index in [1.54, 1.807) is 11.3 Å². The summed E-state index contributed by atoms with van der Waals surface area (Å²) in [4.78, 5) is 17.0. The number of hydrogen-bond acceptors (Lipinski definition) is 8. The Morgan fingerprint density at radius 3 is 2.76 bits per heavy atom. The van der Waals surface area contributed by atoms with Gasteiger partial charge in [-0.05, 0) is 12.5 Å². The van der Waals surface area contributed by atoms with E-state index in [2.05, 4.69) is 37.2 Å². The topological polar surface area (TPSA) is 90.4 Å². The Hall–Kier alpha value is -3.09. The summed E-state index contributed by atoms with van der Waals surface area (Å²) < 4.78 is 41.9. The van der Waals surface area contributed by atoms with Gasteiger partial charge in [0.2, 0.25) is 5.82 Å². The average Bonchev–Trinajstić information content (AvgIpc) is 3.44. The zero-order valence-electron chi connectivity index (χ0n) is 15.1. The van der Waals surface area contributed by atoms with Crippen molar-refractivity contribution in [3.63, 3.8) is 0 Å². The van der Waals surface area contributed by atoms with Crippen molar-refractivity contribution in [2.24, 2.45) is 0 Å². The Morgan fingerprint density at radius 2 is 2.03 bits per heavy atom. The third-order valence-electron chi connectivity index (χ3n) is 4.69. The number of aryl methyl sites for hydroxylation is 1. The number of hydrogen-bond donors (Lipinski definition) is 0. The number of fused-ring (bicyclic) bond motifs is 2. The fraction of sp³-hybridized carbons (Fsp3) is 0.375. The molecule has 29 heavy (non-hydrogen) atoms. The highest BCUT2D eigenvalue weighted by molar-refractivity contribution is 7.18. The van der Waals surface area contributed by atoms with E-state index in [0.717, 1.165) is 26.1 Å². The molecule has 0 amide bonds. The second-order valence-electron chi connectivity index (χ2n) is 6.48. The molecule has 0 radical (unpaired) electrons. The molecule has 1 aliphatic heterocycles. The zero-order valence-corrected chi connectivity index (χ0v) is 15.9. The number of aromatic nitrogens is 8. The molecule has 0 fully saturated rings. The summed E-state index contributed by atoms with van der Waals surface area (Å²) in [7, 11) is 0. The van der Waals surface area contributed by atoms with Gasteiger partial charge in [0.25, 0.3) is 5.95 Å². The standard InChI is InChI=1S/C16H14F3N9S/c1-2-9-5-10-12(22-15(23-13(10)29-9)28-8-20-7-21-28)26-3-4-27-11(6-26)24-25-14(27)16(17,18)19/h5,7-8H,2-4,6H2,1H3. The van der Waals surface area contributed by atoms with Gasteiger partial charge in [0.05, 0.1) is 11.9 Å². The Balaban J connectivity index is 1.59. The lowest BCUT2D eigenvalue weighted by Gasteiger charge is -2.29. The van der Waals surface area contributed by atoms with Gasteiger partial charge < -0.3 is 9.47 Å². The van der Waals surface area contributed by atoms with Gasteiger partial charge in [-0.1, -0.05) is 6.92 Å². The van der Waals surface area contributed by atoms with Gasteiger partial charge in [-0.3, -0.25) is 0 Å². The summed E-state index contributed by atoms with van der Waals surface area (Å²) in [6.07, 6.45) is -0.787. The van der Waals surface area contributed by atoms with Crippen LogP contribution in [-0.4, -0.2) is 46.0 Å². The molecule has 0 unspecified atom stereocenters. The molecule has 0 atom stereocenters. The molecule has 0 aliphatic carbocycles. The largest absolute Gasteiger partial charge is 0.451 e. The van der Waals surface area contributed by atoms with Crippen LogP contribution in [0, 0.1) is 0 Å². The van der Waals surface area contributed by atoms with E-state index in [1.807, 2.05) is 11.0 Å². The summed E-state index contributed by atoms with van der Waals surface area (Å²) in [5.41, 5.74) is 0. The van der Waals surface area contributed by atoms with Crippen molar-refractivity contribution in [1.29, 1.82) is 0 Å². The van der Waals surface area contributed by atoms with Crippen LogP contribution in [-0.2, 0) is 25.7 Å². The molecule has 0 spiro atoms. The minimum Gasteiger partial charge on any atom is -0.347 e. The molecule has 0 saturated heterocycles. The summed E-state index contributed by atoms with van der Waals surface area (Å²) in [6.45, 7) is 2.68. The van der Waals surface area contributed by atoms with Crippen molar-refractivity contribution in [2.45, 2.75) is 32.6 Å². The van der Waals surface area contributed by atoms with E-state index in [-0.39, 0.29) is 18.9 Å². The Labute approximate surface area is 165 Å². The van der Waals surface area contributed by atoms with Crippen molar-refractivity contribution in [1.82, 2.24) is 39.5 Å². The van der Waals surface area contributed by atoms with E-state index in [0.29, 0.717) is 18.3 Å². The first-order chi connectivity index (χ1) is 13.9. The van der Waals surface area contributed by atoms with Crippen LogP contribution < -0.4 is 4.90 Å². The molecule has 4 aromatic heterocycles. The van der Waals surface area contributed by atoms with Crippen LogP contribution in [0.5, 0.6) is 0 Å². The highest BCUT2D eigenvalue weighted by atomic mass is 32.1. The third-order valence-corrected chi connectivity index (χ3v) is 5.86. The minimum atomic E-state index is -4.53. The van der Waals surface area contributed by atoms with E-state index >= 15 is 0 Å². The molecule has 0 saturated carbocycles. The van der Waals surface area contributed by atoms with Crippen LogP contribution >= 0.6 is 11.3 Å². The lowest BCUT2D eigenvalue weighted by molar-refractivity contribution is -0.147. The monoisotopic (exact) mass is 421 g/mol. The molecular formula is C16H14F3N9S. The quantitative estimate of drug-likeness (QED) is 0.502. The number of thiophene rings is 1. The van der Waals surface area contributed by atoms with Crippen LogP contribution in [0.25, 0.3) is 16.2 Å². The molecule has 5 heterocycles. The zero-order chi connectivity index (χ0) is 20.2. The van der Waals surface area contributed by atoms with Gasteiger partial charge in [0.1, 0.15) is 23.3 Å². The van der Waals surface area contributed by atoms with Crippen LogP contribution in [0.4, 0.5) is 19.0 Å². The highest BCUT2D eigenvalue weighted by Gasteiger charge is 2.39. The highest BCUT2D eigenvalue weighted by Crippen LogP contribution is 2.35. The molecule has 150 valence electrons. The SMILES string of the molecule is CCc1cc2c(N3CCn4c(nnc4C(F)(F)F)C3)nc(-n3cncn3)nc2s1. The fourth-order valence-electron chi connectivity index (χ4n) is 3.32. The van der Waals surface area contributed by atoms with Crippen LogP contribution in [0.1, 0.15) is 23.4 Å². The molecule has 4 aromatic rings. The predicted molar refractivity (Wildman–Crippen MR) is 97.8 cm³/mol. The van der Waals surface area contributed by atoms with Crippen molar-refractivity contribution >= 4 is 27.4 Å². The van der Waals surface area contributed by atoms with E-state index < -0.39 is 12.0 Å². The maximum atomic E-state index is 13.1. The molecule has 1 aliphatic rings. The van der Waals surface area contributed by atoms with Gasteiger partial charge >= 0.3 is 6.18 Å². The van der Waals surface area contributed by atoms with Crippen LogP contribution in [0.3, 0.4) is 0 Å². The van der Waals surface area contributed by atoms with Crippen molar-refractivity contribution < 1.29 is 13.2 Å². The lowest BCUT2D eigenvalue weighted by Crippen LogP contribution is -2.36. The Kier molecular flexibility index (Phi) is 4.01. The van der Waals surface area contributed by atoms with Crippen LogP contribution in [0.15, 0.2) is 18.7 Å². The van der Waals surface area contributed by atoms with Gasteiger partial charge in [0, 0.05) is 18.0 Å². The fourth-order valence-corrected chi connectivity index (χ4v) is 4.28. The smallest absolute Gasteiger partial charge is 0.347 e. The van der Waals surface area contributed by atoms with Gasteiger partial charge in [-0.2, -0.15) is 32.9 Å². The van der Waals surface area contributed by atoms with Gasteiger partial charge in [-0.25, -0.2) is 4.98 Å². The van der Waals surface area contributed by atoms with Crippen LogP contribution in [0.2, 0.25) is 0 Å². The van der Waals surface area contributed by atoms with Crippen molar-refractivity contribution in [3.05, 3.63) is 35.2 Å². The summed E-state index contributed by atoms with van der Waals surface area (Å²) in [5, 5.41) is 12.0. The predicted octanol–water partition coefficient (Wildman–Crippen LogP) is 2.46. The number of rotatable bonds is 3. The molecule has 0 aromatic carbocycles. The van der Waals surface area contributed by atoms with E-state index in [4.69, 9.17) is 0 Å². The number of halogens is 3.